The molecule has 168 valence electrons. The van der Waals surface area contributed by atoms with Gasteiger partial charge in [0.25, 0.3) is 0 Å². The van der Waals surface area contributed by atoms with E-state index in [2.05, 4.69) is 47.3 Å². The van der Waals surface area contributed by atoms with Crippen LogP contribution >= 0.6 is 0 Å². The Labute approximate surface area is 185 Å². The van der Waals surface area contributed by atoms with Crippen molar-refractivity contribution >= 4 is 0 Å². The molecular weight excluding hydrogens is 364 g/mol. The molecule has 30 heavy (non-hydrogen) atoms. The van der Waals surface area contributed by atoms with Crippen molar-refractivity contribution in [2.45, 2.75) is 98.5 Å². The van der Waals surface area contributed by atoms with E-state index in [1.54, 1.807) is 5.57 Å². The molecule has 0 bridgehead atoms. The highest BCUT2D eigenvalue weighted by Crippen LogP contribution is 2.69. The molecule has 1 N–H and O–H groups in total. The van der Waals surface area contributed by atoms with Gasteiger partial charge in [-0.2, -0.15) is 0 Å². The highest BCUT2D eigenvalue weighted by Gasteiger charge is 2.60. The second-order valence-electron chi connectivity index (χ2n) is 13.0. The number of hydrogen-bond donors (Lipinski definition) is 1. The van der Waals surface area contributed by atoms with Gasteiger partial charge < -0.3 is 5.11 Å². The molecule has 0 aromatic rings. The minimum absolute atomic E-state index is 0.0847. The number of aliphatic hydroxyl groups excluding tert-OH is 1. The minimum atomic E-state index is -0.0847. The zero-order valence-corrected chi connectivity index (χ0v) is 20.3. The van der Waals surface area contributed by atoms with Crippen molar-refractivity contribution in [3.05, 3.63) is 23.8 Å². The van der Waals surface area contributed by atoms with E-state index in [9.17, 15) is 5.11 Å². The summed E-state index contributed by atoms with van der Waals surface area (Å²) >= 11 is 0. The van der Waals surface area contributed by atoms with Crippen LogP contribution < -0.4 is 0 Å². The molecule has 0 amide bonds. The molecule has 5 aliphatic rings. The molecule has 5 aliphatic carbocycles. The van der Waals surface area contributed by atoms with Crippen LogP contribution in [0, 0.1) is 58.2 Å². The summed E-state index contributed by atoms with van der Waals surface area (Å²) in [5.74, 6) is 6.84. The van der Waals surface area contributed by atoms with Gasteiger partial charge in [0, 0.05) is 0 Å². The van der Waals surface area contributed by atoms with Crippen molar-refractivity contribution in [3.63, 3.8) is 0 Å². The maximum absolute atomic E-state index is 10.3. The van der Waals surface area contributed by atoms with Crippen molar-refractivity contribution in [2.75, 3.05) is 0 Å². The second-order valence-corrected chi connectivity index (χ2v) is 13.0. The Balaban J connectivity index is 1.34. The van der Waals surface area contributed by atoms with E-state index in [1.165, 1.54) is 50.5 Å². The van der Waals surface area contributed by atoms with Crippen LogP contribution in [-0.2, 0) is 0 Å². The number of hydrogen-bond acceptors (Lipinski definition) is 1. The fraction of sp³-hybridized carbons (Fsp3) is 0.862. The average molecular weight is 411 g/mol. The summed E-state index contributed by atoms with van der Waals surface area (Å²) in [5.41, 5.74) is 4.07. The van der Waals surface area contributed by atoms with Gasteiger partial charge in [-0.1, -0.05) is 58.4 Å². The molecule has 0 aromatic carbocycles. The van der Waals surface area contributed by atoms with Gasteiger partial charge in [-0.25, -0.2) is 0 Å². The molecule has 4 saturated carbocycles. The molecule has 10 atom stereocenters. The van der Waals surface area contributed by atoms with Gasteiger partial charge >= 0.3 is 0 Å². The zero-order valence-electron chi connectivity index (χ0n) is 20.3. The largest absolute Gasteiger partial charge is 0.393 e. The maximum Gasteiger partial charge on any atom is 0.0577 e. The lowest BCUT2D eigenvalue weighted by molar-refractivity contribution is -0.0583. The third-order valence-corrected chi connectivity index (χ3v) is 11.5. The monoisotopic (exact) mass is 410 g/mol. The van der Waals surface area contributed by atoms with E-state index in [1.807, 2.05) is 0 Å². The van der Waals surface area contributed by atoms with Crippen LogP contribution in [-0.4, -0.2) is 11.2 Å². The van der Waals surface area contributed by atoms with Crippen molar-refractivity contribution in [3.8, 4) is 0 Å². The van der Waals surface area contributed by atoms with E-state index in [-0.39, 0.29) is 6.10 Å². The van der Waals surface area contributed by atoms with Crippen LogP contribution in [0.5, 0.6) is 0 Å². The molecule has 1 heteroatoms. The molecule has 0 saturated heterocycles. The molecule has 5 rings (SSSR count). The Kier molecular flexibility index (Phi) is 5.13. The normalized spacial score (nSPS) is 50.9. The van der Waals surface area contributed by atoms with E-state index < -0.39 is 0 Å². The predicted molar refractivity (Wildman–Crippen MR) is 126 cm³/mol. The summed E-state index contributed by atoms with van der Waals surface area (Å²) in [5, 5.41) is 10.3. The fourth-order valence-electron chi connectivity index (χ4n) is 9.49. The van der Waals surface area contributed by atoms with E-state index in [0.717, 1.165) is 54.3 Å². The van der Waals surface area contributed by atoms with Crippen LogP contribution in [0.1, 0.15) is 92.4 Å². The van der Waals surface area contributed by atoms with Crippen LogP contribution in [0.3, 0.4) is 0 Å². The van der Waals surface area contributed by atoms with Crippen LogP contribution in [0.4, 0.5) is 0 Å². The van der Waals surface area contributed by atoms with E-state index in [4.69, 9.17) is 0 Å². The Morgan fingerprint density at radius 3 is 2.57 bits per heavy atom. The topological polar surface area (TPSA) is 20.2 Å². The van der Waals surface area contributed by atoms with Crippen molar-refractivity contribution in [1.29, 1.82) is 0 Å². The molecule has 1 nitrogen and oxygen atoms in total. The fourth-order valence-corrected chi connectivity index (χ4v) is 9.49. The summed E-state index contributed by atoms with van der Waals surface area (Å²) in [6, 6.07) is 0. The molecule has 0 unspecified atom stereocenters. The quantitative estimate of drug-likeness (QED) is 0.478. The molecule has 0 aliphatic heterocycles. The molecule has 4 fully saturated rings. The van der Waals surface area contributed by atoms with Gasteiger partial charge in [-0.05, 0) is 116 Å². The van der Waals surface area contributed by atoms with Gasteiger partial charge in [-0.15, -0.1) is 0 Å². The summed E-state index contributed by atoms with van der Waals surface area (Å²) in [6.45, 7) is 17.0. The number of allylic oxidation sites excluding steroid dienone is 2. The smallest absolute Gasteiger partial charge is 0.0577 e. The SMILES string of the molecule is C=C(C(C)C)[C@H]1C[C@@H]1[C@@H](C)[C@H]1CC[C@H]2[C@@H]3CC=C4C[C@@H](O)CC[C@]4(C)[C@H]3CC[C@]12C. The summed E-state index contributed by atoms with van der Waals surface area (Å²) in [6.07, 6.45) is 14.2. The lowest BCUT2D eigenvalue weighted by Crippen LogP contribution is -2.51. The Morgan fingerprint density at radius 2 is 1.83 bits per heavy atom. The first kappa shape index (κ1) is 21.3. The van der Waals surface area contributed by atoms with Crippen LogP contribution in [0.2, 0.25) is 0 Å². The zero-order chi connectivity index (χ0) is 21.4. The van der Waals surface area contributed by atoms with Crippen LogP contribution in [0.25, 0.3) is 0 Å². The van der Waals surface area contributed by atoms with Crippen molar-refractivity contribution < 1.29 is 5.11 Å². The molecule has 0 heterocycles. The van der Waals surface area contributed by atoms with Crippen molar-refractivity contribution in [2.24, 2.45) is 58.2 Å². The molecule has 0 spiro atoms. The first-order valence-corrected chi connectivity index (χ1v) is 13.2. The highest BCUT2D eigenvalue weighted by molar-refractivity contribution is 5.25. The second kappa shape index (κ2) is 7.23. The van der Waals surface area contributed by atoms with Crippen LogP contribution in [0.15, 0.2) is 23.8 Å². The average Bonchev–Trinajstić information content (AvgIpc) is 3.42. The third kappa shape index (κ3) is 3.04. The van der Waals surface area contributed by atoms with Gasteiger partial charge in [0.1, 0.15) is 0 Å². The number of fused-ring (bicyclic) bond motifs is 5. The maximum atomic E-state index is 10.3. The molecule has 0 radical (unpaired) electrons. The third-order valence-electron chi connectivity index (χ3n) is 11.5. The number of aliphatic hydroxyl groups is 1. The van der Waals surface area contributed by atoms with Gasteiger partial charge in [0.05, 0.1) is 6.10 Å². The lowest BCUT2D eigenvalue weighted by Gasteiger charge is -2.58. The predicted octanol–water partition coefficient (Wildman–Crippen LogP) is 7.41. The van der Waals surface area contributed by atoms with Gasteiger partial charge in [0.15, 0.2) is 0 Å². The number of rotatable bonds is 4. The Morgan fingerprint density at radius 1 is 1.07 bits per heavy atom. The lowest BCUT2D eigenvalue weighted by atomic mass is 9.47. The van der Waals surface area contributed by atoms with Gasteiger partial charge in [-0.3, -0.25) is 0 Å². The standard InChI is InChI=1S/C29H46O/c1-17(2)18(3)23-16-24(23)19(4)25-9-10-26-22-8-7-20-15-21(30)11-13-28(20,5)27(22)12-14-29(25,26)6/h7,17,19,21-27,30H,3,8-16H2,1-2,4-6H3/t19-,21+,22+,23-,24-,25-,26+,27+,28+,29-/m1/s1. The van der Waals surface area contributed by atoms with Gasteiger partial charge in [0.2, 0.25) is 0 Å². The highest BCUT2D eigenvalue weighted by atomic mass is 16.3. The van der Waals surface area contributed by atoms with Crippen molar-refractivity contribution in [1.82, 2.24) is 0 Å². The first-order chi connectivity index (χ1) is 14.2. The minimum Gasteiger partial charge on any atom is -0.393 e. The Hall–Kier alpha value is -0.560. The Bertz CT molecular complexity index is 733. The van der Waals surface area contributed by atoms with E-state index >= 15 is 0 Å². The molecule has 0 aromatic heterocycles. The van der Waals surface area contributed by atoms with E-state index in [0.29, 0.717) is 16.7 Å². The summed E-state index contributed by atoms with van der Waals surface area (Å²) < 4.78 is 0. The summed E-state index contributed by atoms with van der Waals surface area (Å²) in [4.78, 5) is 0. The summed E-state index contributed by atoms with van der Waals surface area (Å²) in [7, 11) is 0. The molecular formula is C29H46O. The first-order valence-electron chi connectivity index (χ1n) is 13.2.